The number of fused-ring (bicyclic) bond motifs is 1. The molecule has 2 heteroatoms. The Balaban J connectivity index is 1.84. The minimum Gasteiger partial charge on any atom is -0.361 e. The Labute approximate surface area is 96.3 Å². The Kier molecular flexibility index (Phi) is 2.44. The summed E-state index contributed by atoms with van der Waals surface area (Å²) in [7, 11) is 2.22. The van der Waals surface area contributed by atoms with Crippen LogP contribution in [0.4, 0.5) is 0 Å². The van der Waals surface area contributed by atoms with Crippen molar-refractivity contribution in [3.8, 4) is 0 Å². The second-order valence-corrected chi connectivity index (χ2v) is 4.98. The minimum atomic E-state index is 0.837. The van der Waals surface area contributed by atoms with Crippen LogP contribution in [-0.4, -0.2) is 30.0 Å². The maximum Gasteiger partial charge on any atom is 0.0456 e. The van der Waals surface area contributed by atoms with E-state index in [9.17, 15) is 0 Å². The lowest BCUT2D eigenvalue weighted by Gasteiger charge is -2.09. The zero-order chi connectivity index (χ0) is 11.0. The van der Waals surface area contributed by atoms with E-state index in [1.54, 1.807) is 0 Å². The van der Waals surface area contributed by atoms with Gasteiger partial charge >= 0.3 is 0 Å². The molecule has 1 unspecified atom stereocenters. The van der Waals surface area contributed by atoms with Gasteiger partial charge in [0.1, 0.15) is 0 Å². The van der Waals surface area contributed by atoms with Crippen LogP contribution in [0, 0.1) is 5.92 Å². The lowest BCUT2D eigenvalue weighted by Crippen LogP contribution is -2.14. The van der Waals surface area contributed by atoms with Gasteiger partial charge in [-0.15, -0.1) is 0 Å². The first-order chi connectivity index (χ1) is 7.83. The third kappa shape index (κ3) is 1.74. The number of H-pyrrole nitrogens is 1. The standard InChI is InChI=1S/C14H18N2/c1-16-7-6-11(10-16)8-12-9-15-14-5-3-2-4-13(12)14/h2-5,9,11,15H,6-8,10H2,1H3. The van der Waals surface area contributed by atoms with Crippen LogP contribution in [0.3, 0.4) is 0 Å². The van der Waals surface area contributed by atoms with Gasteiger partial charge in [-0.05, 0) is 44.0 Å². The van der Waals surface area contributed by atoms with Gasteiger partial charge < -0.3 is 9.88 Å². The molecule has 1 atom stereocenters. The smallest absolute Gasteiger partial charge is 0.0456 e. The molecule has 1 aliphatic rings. The predicted octanol–water partition coefficient (Wildman–Crippen LogP) is 2.66. The third-order valence-electron chi connectivity index (χ3n) is 3.67. The predicted molar refractivity (Wildman–Crippen MR) is 67.6 cm³/mol. The van der Waals surface area contributed by atoms with Crippen molar-refractivity contribution in [3.63, 3.8) is 0 Å². The van der Waals surface area contributed by atoms with Crippen LogP contribution in [0.2, 0.25) is 0 Å². The minimum absolute atomic E-state index is 0.837. The van der Waals surface area contributed by atoms with E-state index >= 15 is 0 Å². The summed E-state index contributed by atoms with van der Waals surface area (Å²) in [6.45, 7) is 2.51. The van der Waals surface area contributed by atoms with Crippen LogP contribution in [-0.2, 0) is 6.42 Å². The summed E-state index contributed by atoms with van der Waals surface area (Å²) in [5, 5.41) is 1.40. The van der Waals surface area contributed by atoms with Gasteiger partial charge in [0, 0.05) is 23.6 Å². The molecular weight excluding hydrogens is 196 g/mol. The SMILES string of the molecule is CN1CCC(Cc2c[nH]c3ccccc23)C1. The highest BCUT2D eigenvalue weighted by atomic mass is 15.1. The van der Waals surface area contributed by atoms with Crippen molar-refractivity contribution in [2.24, 2.45) is 5.92 Å². The molecule has 16 heavy (non-hydrogen) atoms. The number of hydrogen-bond acceptors (Lipinski definition) is 1. The second kappa shape index (κ2) is 3.95. The van der Waals surface area contributed by atoms with Gasteiger partial charge in [0.2, 0.25) is 0 Å². The first-order valence-corrected chi connectivity index (χ1v) is 6.06. The number of aromatic amines is 1. The van der Waals surface area contributed by atoms with Crippen LogP contribution in [0.5, 0.6) is 0 Å². The summed E-state index contributed by atoms with van der Waals surface area (Å²) in [6.07, 6.45) is 4.74. The summed E-state index contributed by atoms with van der Waals surface area (Å²) in [5.41, 5.74) is 2.75. The number of hydrogen-bond donors (Lipinski definition) is 1. The van der Waals surface area contributed by atoms with Gasteiger partial charge in [0.15, 0.2) is 0 Å². The van der Waals surface area contributed by atoms with E-state index in [1.807, 2.05) is 0 Å². The zero-order valence-corrected chi connectivity index (χ0v) is 9.74. The molecule has 1 fully saturated rings. The quantitative estimate of drug-likeness (QED) is 0.814. The topological polar surface area (TPSA) is 19.0 Å². The molecule has 0 radical (unpaired) electrons. The van der Waals surface area contributed by atoms with Crippen LogP contribution >= 0.6 is 0 Å². The fourth-order valence-corrected chi connectivity index (χ4v) is 2.80. The molecule has 0 amide bonds. The number of para-hydroxylation sites is 1. The number of nitrogens with zero attached hydrogens (tertiary/aromatic N) is 1. The summed E-state index contributed by atoms with van der Waals surface area (Å²) in [6, 6.07) is 8.59. The number of benzene rings is 1. The molecule has 0 bridgehead atoms. The average molecular weight is 214 g/mol. The van der Waals surface area contributed by atoms with E-state index in [2.05, 4.69) is 47.4 Å². The third-order valence-corrected chi connectivity index (χ3v) is 3.67. The van der Waals surface area contributed by atoms with E-state index in [0.717, 1.165) is 5.92 Å². The van der Waals surface area contributed by atoms with E-state index in [0.29, 0.717) is 0 Å². The molecule has 2 nitrogen and oxygen atoms in total. The van der Waals surface area contributed by atoms with Gasteiger partial charge in [-0.3, -0.25) is 0 Å². The van der Waals surface area contributed by atoms with E-state index in [4.69, 9.17) is 0 Å². The van der Waals surface area contributed by atoms with Gasteiger partial charge in [0.25, 0.3) is 0 Å². The summed E-state index contributed by atoms with van der Waals surface area (Å²) in [5.74, 6) is 0.837. The van der Waals surface area contributed by atoms with E-state index in [1.165, 1.54) is 42.4 Å². The van der Waals surface area contributed by atoms with Crippen molar-refractivity contribution in [2.75, 3.05) is 20.1 Å². The van der Waals surface area contributed by atoms with Crippen LogP contribution in [0.1, 0.15) is 12.0 Å². The van der Waals surface area contributed by atoms with Gasteiger partial charge in [-0.25, -0.2) is 0 Å². The fourth-order valence-electron chi connectivity index (χ4n) is 2.80. The van der Waals surface area contributed by atoms with Gasteiger partial charge in [-0.2, -0.15) is 0 Å². The molecule has 0 saturated carbocycles. The highest BCUT2D eigenvalue weighted by molar-refractivity contribution is 5.83. The summed E-state index contributed by atoms with van der Waals surface area (Å²) in [4.78, 5) is 5.79. The Morgan fingerprint density at radius 1 is 1.38 bits per heavy atom. The Hall–Kier alpha value is -1.28. The Bertz CT molecular complexity index is 486. The van der Waals surface area contributed by atoms with Crippen molar-refractivity contribution >= 4 is 10.9 Å². The first-order valence-electron chi connectivity index (χ1n) is 6.06. The number of likely N-dealkylation sites (tertiary alicyclic amines) is 1. The normalized spacial score (nSPS) is 21.9. The monoisotopic (exact) mass is 214 g/mol. The number of rotatable bonds is 2. The molecular formula is C14H18N2. The summed E-state index contributed by atoms with van der Waals surface area (Å²) < 4.78 is 0. The molecule has 3 rings (SSSR count). The molecule has 0 aliphatic carbocycles. The molecule has 1 aromatic carbocycles. The van der Waals surface area contributed by atoms with Crippen molar-refractivity contribution in [1.82, 2.24) is 9.88 Å². The van der Waals surface area contributed by atoms with Crippen LogP contribution < -0.4 is 0 Å². The van der Waals surface area contributed by atoms with E-state index < -0.39 is 0 Å². The molecule has 84 valence electrons. The second-order valence-electron chi connectivity index (χ2n) is 4.98. The molecule has 1 N–H and O–H groups in total. The Morgan fingerprint density at radius 3 is 3.06 bits per heavy atom. The molecule has 1 saturated heterocycles. The lowest BCUT2D eigenvalue weighted by molar-refractivity contribution is 0.394. The zero-order valence-electron chi connectivity index (χ0n) is 9.74. The van der Waals surface area contributed by atoms with Crippen LogP contribution in [0.15, 0.2) is 30.5 Å². The molecule has 1 aliphatic heterocycles. The number of aromatic nitrogens is 1. The summed E-state index contributed by atoms with van der Waals surface area (Å²) >= 11 is 0. The molecule has 0 spiro atoms. The van der Waals surface area contributed by atoms with Crippen LogP contribution in [0.25, 0.3) is 10.9 Å². The van der Waals surface area contributed by atoms with Crippen molar-refractivity contribution in [1.29, 1.82) is 0 Å². The maximum atomic E-state index is 3.36. The maximum absolute atomic E-state index is 3.36. The average Bonchev–Trinajstić information content (AvgIpc) is 2.87. The Morgan fingerprint density at radius 2 is 2.25 bits per heavy atom. The highest BCUT2D eigenvalue weighted by Gasteiger charge is 2.20. The number of nitrogens with one attached hydrogen (secondary N) is 1. The van der Waals surface area contributed by atoms with E-state index in [-0.39, 0.29) is 0 Å². The van der Waals surface area contributed by atoms with Crippen molar-refractivity contribution < 1.29 is 0 Å². The molecule has 2 aromatic rings. The van der Waals surface area contributed by atoms with Crippen molar-refractivity contribution in [2.45, 2.75) is 12.8 Å². The highest BCUT2D eigenvalue weighted by Crippen LogP contribution is 2.24. The van der Waals surface area contributed by atoms with Gasteiger partial charge in [-0.1, -0.05) is 18.2 Å². The molecule has 1 aromatic heterocycles. The lowest BCUT2D eigenvalue weighted by atomic mass is 9.98. The van der Waals surface area contributed by atoms with Crippen molar-refractivity contribution in [3.05, 3.63) is 36.0 Å². The first kappa shape index (κ1) is 9.91. The van der Waals surface area contributed by atoms with Gasteiger partial charge in [0.05, 0.1) is 0 Å². The fraction of sp³-hybridized carbons (Fsp3) is 0.429. The largest absolute Gasteiger partial charge is 0.361 e. The molecule has 2 heterocycles.